The van der Waals surface area contributed by atoms with Gasteiger partial charge in [0.05, 0.1) is 11.4 Å². The molecular formula is C11H9ClN2O2. The molecule has 0 radical (unpaired) electrons. The summed E-state index contributed by atoms with van der Waals surface area (Å²) in [5, 5.41) is 0.970. The molecule has 0 N–H and O–H groups in total. The molecule has 0 amide bonds. The number of nitrogens with zero attached hydrogens (tertiary/aromatic N) is 2. The average molecular weight is 237 g/mol. The maximum Gasteiger partial charge on any atom is 0.231 e. The third-order valence-corrected chi connectivity index (χ3v) is 2.79. The van der Waals surface area contributed by atoms with Crippen LogP contribution in [-0.2, 0) is 5.88 Å². The van der Waals surface area contributed by atoms with Crippen molar-refractivity contribution in [2.45, 2.75) is 12.8 Å². The van der Waals surface area contributed by atoms with Gasteiger partial charge in [0, 0.05) is 17.1 Å². The lowest BCUT2D eigenvalue weighted by atomic mass is 10.1. The first-order valence-corrected chi connectivity index (χ1v) is 5.44. The minimum absolute atomic E-state index is 0.264. The number of hydrogen-bond acceptors (Lipinski definition) is 4. The van der Waals surface area contributed by atoms with Gasteiger partial charge < -0.3 is 9.47 Å². The second-order valence-electron chi connectivity index (χ2n) is 3.58. The predicted octanol–water partition coefficient (Wildman–Crippen LogP) is 2.41. The Hall–Kier alpha value is -1.55. The summed E-state index contributed by atoms with van der Waals surface area (Å²) >= 11 is 5.74. The minimum atomic E-state index is 0.264. The zero-order chi connectivity index (χ0) is 11.1. The van der Waals surface area contributed by atoms with Crippen LogP contribution < -0.4 is 9.47 Å². The largest absolute Gasteiger partial charge is 0.454 e. The molecule has 0 bridgehead atoms. The van der Waals surface area contributed by atoms with Crippen molar-refractivity contribution in [3.63, 3.8) is 0 Å². The van der Waals surface area contributed by atoms with Crippen molar-refractivity contribution in [1.82, 2.24) is 9.97 Å². The fourth-order valence-corrected chi connectivity index (χ4v) is 1.91. The van der Waals surface area contributed by atoms with Gasteiger partial charge in [-0.2, -0.15) is 0 Å². The second-order valence-corrected chi connectivity index (χ2v) is 3.85. The molecule has 0 unspecified atom stereocenters. The van der Waals surface area contributed by atoms with Crippen LogP contribution in [0.3, 0.4) is 0 Å². The number of rotatable bonds is 1. The van der Waals surface area contributed by atoms with E-state index in [9.17, 15) is 0 Å². The molecule has 16 heavy (non-hydrogen) atoms. The van der Waals surface area contributed by atoms with E-state index < -0.39 is 0 Å². The molecule has 4 nitrogen and oxygen atoms in total. The van der Waals surface area contributed by atoms with Crippen LogP contribution in [0.1, 0.15) is 11.5 Å². The molecule has 0 spiro atoms. The van der Waals surface area contributed by atoms with Crippen molar-refractivity contribution in [3.05, 3.63) is 23.7 Å². The Morgan fingerprint density at radius 1 is 1.25 bits per heavy atom. The predicted molar refractivity (Wildman–Crippen MR) is 60.0 cm³/mol. The van der Waals surface area contributed by atoms with Gasteiger partial charge in [0.1, 0.15) is 5.82 Å². The molecule has 0 aliphatic carbocycles. The molecule has 82 valence electrons. The number of alkyl halides is 1. The molecule has 0 saturated carbocycles. The van der Waals surface area contributed by atoms with Crippen LogP contribution in [0.25, 0.3) is 10.9 Å². The summed E-state index contributed by atoms with van der Waals surface area (Å²) in [6.45, 7) is 2.20. The number of aromatic nitrogens is 2. The van der Waals surface area contributed by atoms with E-state index in [1.54, 1.807) is 0 Å². The Bertz CT molecular complexity index is 571. The fourth-order valence-electron chi connectivity index (χ4n) is 1.79. The van der Waals surface area contributed by atoms with E-state index in [0.717, 1.165) is 28.1 Å². The van der Waals surface area contributed by atoms with Crippen molar-refractivity contribution < 1.29 is 9.47 Å². The topological polar surface area (TPSA) is 44.2 Å². The van der Waals surface area contributed by atoms with Crippen LogP contribution in [0.15, 0.2) is 12.1 Å². The monoisotopic (exact) mass is 236 g/mol. The highest BCUT2D eigenvalue weighted by Crippen LogP contribution is 2.36. The summed E-state index contributed by atoms with van der Waals surface area (Å²) in [4.78, 5) is 8.66. The van der Waals surface area contributed by atoms with Gasteiger partial charge in [0.2, 0.25) is 6.79 Å². The van der Waals surface area contributed by atoms with Gasteiger partial charge in [0.25, 0.3) is 0 Å². The van der Waals surface area contributed by atoms with Gasteiger partial charge in [-0.3, -0.25) is 0 Å². The number of hydrogen-bond donors (Lipinski definition) is 0. The average Bonchev–Trinajstić information content (AvgIpc) is 2.73. The summed E-state index contributed by atoms with van der Waals surface area (Å²) in [7, 11) is 0. The van der Waals surface area contributed by atoms with E-state index in [2.05, 4.69) is 9.97 Å². The van der Waals surface area contributed by atoms with Crippen molar-refractivity contribution >= 4 is 22.5 Å². The molecule has 5 heteroatoms. The molecule has 1 aliphatic heterocycles. The summed E-state index contributed by atoms with van der Waals surface area (Å²) in [5.74, 6) is 2.42. The van der Waals surface area contributed by atoms with Gasteiger partial charge in [-0.1, -0.05) is 0 Å². The summed E-state index contributed by atoms with van der Waals surface area (Å²) < 4.78 is 10.6. The lowest BCUT2D eigenvalue weighted by Gasteiger charge is -2.04. The quantitative estimate of drug-likeness (QED) is 0.714. The molecule has 0 atom stereocenters. The molecule has 3 rings (SSSR count). The highest BCUT2D eigenvalue weighted by atomic mass is 35.5. The van der Waals surface area contributed by atoms with Crippen LogP contribution in [0, 0.1) is 6.92 Å². The molecule has 2 heterocycles. The Morgan fingerprint density at radius 3 is 2.75 bits per heavy atom. The lowest BCUT2D eigenvalue weighted by molar-refractivity contribution is 0.174. The molecule has 1 aromatic heterocycles. The highest BCUT2D eigenvalue weighted by Gasteiger charge is 2.16. The van der Waals surface area contributed by atoms with Gasteiger partial charge in [-0.05, 0) is 13.0 Å². The summed E-state index contributed by atoms with van der Waals surface area (Å²) in [6, 6.07) is 3.77. The van der Waals surface area contributed by atoms with Crippen molar-refractivity contribution in [3.8, 4) is 11.5 Å². The lowest BCUT2D eigenvalue weighted by Crippen LogP contribution is -1.95. The van der Waals surface area contributed by atoms with Crippen molar-refractivity contribution in [2.75, 3.05) is 6.79 Å². The number of aryl methyl sites for hydroxylation is 1. The van der Waals surface area contributed by atoms with E-state index in [1.807, 2.05) is 19.1 Å². The third kappa shape index (κ3) is 1.38. The van der Waals surface area contributed by atoms with E-state index in [0.29, 0.717) is 11.7 Å². The van der Waals surface area contributed by atoms with Gasteiger partial charge >= 0.3 is 0 Å². The zero-order valence-corrected chi connectivity index (χ0v) is 9.41. The summed E-state index contributed by atoms with van der Waals surface area (Å²) in [5.41, 5.74) is 1.74. The number of halogens is 1. The van der Waals surface area contributed by atoms with Gasteiger partial charge in [-0.15, -0.1) is 11.6 Å². The third-order valence-electron chi connectivity index (χ3n) is 2.55. The first-order chi connectivity index (χ1) is 7.78. The number of benzene rings is 1. The smallest absolute Gasteiger partial charge is 0.231 e. The van der Waals surface area contributed by atoms with Crippen LogP contribution in [-0.4, -0.2) is 16.8 Å². The Morgan fingerprint density at radius 2 is 2.00 bits per heavy atom. The zero-order valence-electron chi connectivity index (χ0n) is 8.66. The van der Waals surface area contributed by atoms with Crippen LogP contribution in [0.4, 0.5) is 0 Å². The van der Waals surface area contributed by atoms with Gasteiger partial charge in [0.15, 0.2) is 11.5 Å². The Kier molecular flexibility index (Phi) is 2.11. The van der Waals surface area contributed by atoms with Crippen LogP contribution in [0.5, 0.6) is 11.5 Å². The molecule has 0 fully saturated rings. The Labute approximate surface area is 97.2 Å². The van der Waals surface area contributed by atoms with E-state index in [1.165, 1.54) is 0 Å². The fraction of sp³-hybridized carbons (Fsp3) is 0.273. The number of ether oxygens (including phenoxy) is 2. The highest BCUT2D eigenvalue weighted by molar-refractivity contribution is 6.16. The molecule has 2 aromatic rings. The standard InChI is InChI=1S/C11H9ClN2O2/c1-6-7-2-9-10(16-5-15-9)3-8(7)14-11(4-12)13-6/h2-3H,4-5H2,1H3. The maximum absolute atomic E-state index is 5.74. The maximum atomic E-state index is 5.74. The van der Waals surface area contributed by atoms with Crippen molar-refractivity contribution in [2.24, 2.45) is 0 Å². The van der Waals surface area contributed by atoms with Crippen molar-refractivity contribution in [1.29, 1.82) is 0 Å². The number of fused-ring (bicyclic) bond motifs is 2. The Balaban J connectivity index is 2.31. The van der Waals surface area contributed by atoms with E-state index in [-0.39, 0.29) is 6.79 Å². The molecular weight excluding hydrogens is 228 g/mol. The molecule has 1 aliphatic rings. The molecule has 1 aromatic carbocycles. The van der Waals surface area contributed by atoms with Crippen LogP contribution >= 0.6 is 11.6 Å². The van der Waals surface area contributed by atoms with Gasteiger partial charge in [-0.25, -0.2) is 9.97 Å². The second kappa shape index (κ2) is 3.49. The first-order valence-electron chi connectivity index (χ1n) is 4.91. The van der Waals surface area contributed by atoms with E-state index >= 15 is 0 Å². The SMILES string of the molecule is Cc1nc(CCl)nc2cc3c(cc12)OCO3. The molecule has 0 saturated heterocycles. The normalized spacial score (nSPS) is 13.4. The summed E-state index contributed by atoms with van der Waals surface area (Å²) in [6.07, 6.45) is 0. The first kappa shape index (κ1) is 9.66. The van der Waals surface area contributed by atoms with E-state index in [4.69, 9.17) is 21.1 Å². The van der Waals surface area contributed by atoms with Crippen LogP contribution in [0.2, 0.25) is 0 Å². The minimum Gasteiger partial charge on any atom is -0.454 e.